The van der Waals surface area contributed by atoms with E-state index in [1.807, 2.05) is 7.05 Å². The smallest absolute Gasteiger partial charge is 0.261 e. The van der Waals surface area contributed by atoms with Gasteiger partial charge in [0.15, 0.2) is 0 Å². The molecule has 1 aromatic rings. The summed E-state index contributed by atoms with van der Waals surface area (Å²) in [5.41, 5.74) is 1.33. The fourth-order valence-corrected chi connectivity index (χ4v) is 3.02. The average Bonchev–Trinajstić information content (AvgIpc) is 2.79. The molecule has 18 heavy (non-hydrogen) atoms. The quantitative estimate of drug-likeness (QED) is 0.798. The molecule has 0 aliphatic rings. The van der Waals surface area contributed by atoms with Crippen molar-refractivity contribution in [2.75, 3.05) is 13.6 Å². The van der Waals surface area contributed by atoms with Crippen molar-refractivity contribution in [3.8, 4) is 0 Å². The van der Waals surface area contributed by atoms with Crippen LogP contribution < -0.4 is 10.6 Å². The van der Waals surface area contributed by atoms with E-state index in [1.54, 1.807) is 11.3 Å². The van der Waals surface area contributed by atoms with E-state index < -0.39 is 0 Å². The van der Waals surface area contributed by atoms with E-state index >= 15 is 0 Å². The second-order valence-corrected chi connectivity index (χ2v) is 5.70. The van der Waals surface area contributed by atoms with Gasteiger partial charge in [0.25, 0.3) is 5.91 Å². The normalized spacial score (nSPS) is 12.4. The Kier molecular flexibility index (Phi) is 6.36. The highest BCUT2D eigenvalue weighted by Crippen LogP contribution is 2.24. The summed E-state index contributed by atoms with van der Waals surface area (Å²) in [6, 6.07) is 2.35. The van der Waals surface area contributed by atoms with Gasteiger partial charge < -0.3 is 10.6 Å². The van der Waals surface area contributed by atoms with Gasteiger partial charge in [0, 0.05) is 17.5 Å². The monoisotopic (exact) mass is 268 g/mol. The molecule has 4 heteroatoms. The molecule has 0 bridgehead atoms. The number of thiophene rings is 1. The summed E-state index contributed by atoms with van der Waals surface area (Å²) < 4.78 is 0. The molecule has 1 unspecified atom stereocenters. The van der Waals surface area contributed by atoms with E-state index in [4.69, 9.17) is 0 Å². The average molecular weight is 268 g/mol. The molecule has 0 radical (unpaired) electrons. The summed E-state index contributed by atoms with van der Waals surface area (Å²) in [5.74, 6) is 0.0548. The lowest BCUT2D eigenvalue weighted by Crippen LogP contribution is -2.36. The van der Waals surface area contributed by atoms with Crippen LogP contribution in [0.2, 0.25) is 0 Å². The number of hydrogen-bond donors (Lipinski definition) is 2. The van der Waals surface area contributed by atoms with Crippen molar-refractivity contribution in [3.63, 3.8) is 0 Å². The van der Waals surface area contributed by atoms with Crippen LogP contribution in [0.3, 0.4) is 0 Å². The molecule has 1 rings (SSSR count). The van der Waals surface area contributed by atoms with Crippen molar-refractivity contribution in [2.45, 2.75) is 46.1 Å². The van der Waals surface area contributed by atoms with Crippen LogP contribution in [0.4, 0.5) is 0 Å². The zero-order valence-corrected chi connectivity index (χ0v) is 12.6. The van der Waals surface area contributed by atoms with Crippen LogP contribution in [-0.4, -0.2) is 25.5 Å². The van der Waals surface area contributed by atoms with Gasteiger partial charge in [-0.25, -0.2) is 0 Å². The van der Waals surface area contributed by atoms with Gasteiger partial charge in [0.2, 0.25) is 0 Å². The second kappa shape index (κ2) is 7.54. The number of amides is 1. The van der Waals surface area contributed by atoms with Crippen LogP contribution in [-0.2, 0) is 12.8 Å². The van der Waals surface area contributed by atoms with Crippen molar-refractivity contribution in [3.05, 3.63) is 21.4 Å². The molecule has 1 amide bonds. The summed E-state index contributed by atoms with van der Waals surface area (Å²) in [6.07, 6.45) is 3.21. The first-order valence-corrected chi connectivity index (χ1v) is 7.51. The van der Waals surface area contributed by atoms with Crippen LogP contribution >= 0.6 is 11.3 Å². The van der Waals surface area contributed by atoms with Crippen LogP contribution in [0.25, 0.3) is 0 Å². The predicted molar refractivity (Wildman–Crippen MR) is 78.5 cm³/mol. The van der Waals surface area contributed by atoms with E-state index in [1.165, 1.54) is 10.4 Å². The van der Waals surface area contributed by atoms with Crippen molar-refractivity contribution in [1.82, 2.24) is 10.6 Å². The molecule has 1 aromatic heterocycles. The first-order valence-electron chi connectivity index (χ1n) is 6.69. The molecule has 0 spiro atoms. The summed E-state index contributed by atoms with van der Waals surface area (Å²) in [7, 11) is 1.90. The van der Waals surface area contributed by atoms with Crippen LogP contribution in [0, 0.1) is 0 Å². The molecular weight excluding hydrogens is 244 g/mol. The van der Waals surface area contributed by atoms with Crippen LogP contribution in [0.1, 0.15) is 47.3 Å². The van der Waals surface area contributed by atoms with Crippen molar-refractivity contribution < 1.29 is 4.79 Å². The zero-order valence-electron chi connectivity index (χ0n) is 11.8. The highest BCUT2D eigenvalue weighted by atomic mass is 32.1. The number of carbonyl (C=O) groups is 1. The Morgan fingerprint density at radius 3 is 2.72 bits per heavy atom. The van der Waals surface area contributed by atoms with E-state index in [0.29, 0.717) is 12.6 Å². The molecule has 0 saturated carbocycles. The maximum atomic E-state index is 12.0. The molecule has 0 fully saturated rings. The lowest BCUT2D eigenvalue weighted by molar-refractivity contribution is 0.0954. The standard InChI is InChI=1S/C14H24N2OS/c1-5-7-12-11(6-2)8-13(18-12)14(17)16-9-10(3)15-4/h8,10,15H,5-7,9H2,1-4H3,(H,16,17). The SMILES string of the molecule is CCCc1sc(C(=O)NCC(C)NC)cc1CC. The van der Waals surface area contributed by atoms with E-state index in [9.17, 15) is 4.79 Å². The highest BCUT2D eigenvalue weighted by Gasteiger charge is 2.13. The maximum Gasteiger partial charge on any atom is 0.261 e. The number of rotatable bonds is 7. The minimum Gasteiger partial charge on any atom is -0.350 e. The molecule has 0 saturated heterocycles. The summed E-state index contributed by atoms with van der Waals surface area (Å²) in [5, 5.41) is 6.07. The molecule has 1 atom stereocenters. The minimum absolute atomic E-state index is 0.0548. The van der Waals surface area contributed by atoms with Gasteiger partial charge in [-0.15, -0.1) is 11.3 Å². The largest absolute Gasteiger partial charge is 0.350 e. The molecular formula is C14H24N2OS. The lowest BCUT2D eigenvalue weighted by atomic mass is 10.1. The Bertz CT molecular complexity index is 387. The van der Waals surface area contributed by atoms with Crippen LogP contribution in [0.15, 0.2) is 6.07 Å². The summed E-state index contributed by atoms with van der Waals surface area (Å²) in [4.78, 5) is 14.2. The maximum absolute atomic E-state index is 12.0. The Morgan fingerprint density at radius 1 is 1.44 bits per heavy atom. The van der Waals surface area contributed by atoms with Crippen molar-refractivity contribution in [1.29, 1.82) is 0 Å². The van der Waals surface area contributed by atoms with Gasteiger partial charge in [-0.2, -0.15) is 0 Å². The molecule has 0 aliphatic carbocycles. The second-order valence-electron chi connectivity index (χ2n) is 4.56. The van der Waals surface area contributed by atoms with Gasteiger partial charge >= 0.3 is 0 Å². The van der Waals surface area contributed by atoms with Crippen molar-refractivity contribution in [2.24, 2.45) is 0 Å². The Balaban J connectivity index is 2.68. The number of hydrogen-bond acceptors (Lipinski definition) is 3. The topological polar surface area (TPSA) is 41.1 Å². The Hall–Kier alpha value is -0.870. The van der Waals surface area contributed by atoms with E-state index in [2.05, 4.69) is 37.5 Å². The van der Waals surface area contributed by atoms with Gasteiger partial charge in [0.05, 0.1) is 4.88 Å². The number of aryl methyl sites for hydroxylation is 2. The van der Waals surface area contributed by atoms with Gasteiger partial charge in [-0.3, -0.25) is 4.79 Å². The number of likely N-dealkylation sites (N-methyl/N-ethyl adjacent to an activating group) is 1. The first kappa shape index (κ1) is 15.2. The molecule has 0 aromatic carbocycles. The molecule has 3 nitrogen and oxygen atoms in total. The number of carbonyl (C=O) groups excluding carboxylic acids is 1. The summed E-state index contributed by atoms with van der Waals surface area (Å²) >= 11 is 1.64. The third-order valence-corrected chi connectivity index (χ3v) is 4.28. The van der Waals surface area contributed by atoms with E-state index in [0.717, 1.165) is 24.1 Å². The predicted octanol–water partition coefficient (Wildman–Crippen LogP) is 2.60. The third-order valence-electron chi connectivity index (χ3n) is 3.04. The third kappa shape index (κ3) is 4.10. The minimum atomic E-state index is 0.0548. The number of nitrogens with one attached hydrogen (secondary N) is 2. The fraction of sp³-hybridized carbons (Fsp3) is 0.643. The molecule has 0 aliphatic heterocycles. The summed E-state index contributed by atoms with van der Waals surface area (Å²) in [6.45, 7) is 7.03. The molecule has 102 valence electrons. The van der Waals surface area contributed by atoms with E-state index in [-0.39, 0.29) is 5.91 Å². The van der Waals surface area contributed by atoms with Gasteiger partial charge in [-0.1, -0.05) is 20.3 Å². The van der Waals surface area contributed by atoms with Gasteiger partial charge in [0.1, 0.15) is 0 Å². The Labute approximate surface area is 114 Å². The van der Waals surface area contributed by atoms with Gasteiger partial charge in [-0.05, 0) is 38.4 Å². The zero-order chi connectivity index (χ0) is 13.5. The van der Waals surface area contributed by atoms with Crippen molar-refractivity contribution >= 4 is 17.2 Å². The fourth-order valence-electron chi connectivity index (χ4n) is 1.75. The Morgan fingerprint density at radius 2 is 2.17 bits per heavy atom. The molecule has 1 heterocycles. The highest BCUT2D eigenvalue weighted by molar-refractivity contribution is 7.14. The van der Waals surface area contributed by atoms with Crippen LogP contribution in [0.5, 0.6) is 0 Å². The first-order chi connectivity index (χ1) is 8.62. The molecule has 2 N–H and O–H groups in total. The lowest BCUT2D eigenvalue weighted by Gasteiger charge is -2.10.